The Kier molecular flexibility index (Phi) is 11.3. The molecule has 1 atom stereocenters. The fourth-order valence-electron chi connectivity index (χ4n) is 3.34. The molecule has 0 fully saturated rings. The zero-order chi connectivity index (χ0) is 28.6. The Balaban J connectivity index is 3.26. The summed E-state index contributed by atoms with van der Waals surface area (Å²) in [6.07, 6.45) is 0.308. The predicted octanol–water partition coefficient (Wildman–Crippen LogP) is 4.37. The van der Waals surface area contributed by atoms with Crippen LogP contribution in [0.2, 0.25) is 0 Å². The minimum Gasteiger partial charge on any atom is -0.468 e. The van der Waals surface area contributed by atoms with Crippen molar-refractivity contribution in [2.75, 3.05) is 13.7 Å². The van der Waals surface area contributed by atoms with Gasteiger partial charge in [-0.2, -0.15) is 0 Å². The average Bonchev–Trinajstić information content (AvgIpc) is 2.72. The van der Waals surface area contributed by atoms with Gasteiger partial charge in [0.25, 0.3) is 0 Å². The van der Waals surface area contributed by atoms with Crippen LogP contribution in [0.1, 0.15) is 80.2 Å². The zero-order valence-electron chi connectivity index (χ0n) is 23.7. The predicted molar refractivity (Wildman–Crippen MR) is 139 cm³/mol. The number of carbonyl (C=O) groups excluding carboxylic acids is 4. The Labute approximate surface area is 220 Å². The lowest BCUT2D eigenvalue weighted by molar-refractivity contribution is -0.152. The van der Waals surface area contributed by atoms with Gasteiger partial charge in [-0.3, -0.25) is 19.2 Å². The zero-order valence-corrected chi connectivity index (χ0v) is 23.7. The van der Waals surface area contributed by atoms with Crippen LogP contribution in [0.25, 0.3) is 0 Å². The SMILES string of the molecule is COC(=O)[C@@](N)(CCOC(=O)C(C)C)Cc1ccc(OC(=O)CC(C)(C)C)c(OC(=O)CC(C)(C)C)c1. The highest BCUT2D eigenvalue weighted by molar-refractivity contribution is 5.81. The molecule has 208 valence electrons. The number of hydrogen-bond donors (Lipinski definition) is 1. The van der Waals surface area contributed by atoms with E-state index in [-0.39, 0.29) is 60.5 Å². The van der Waals surface area contributed by atoms with E-state index in [0.29, 0.717) is 5.56 Å². The molecule has 9 heteroatoms. The first-order valence-corrected chi connectivity index (χ1v) is 12.4. The third kappa shape index (κ3) is 11.8. The van der Waals surface area contributed by atoms with Crippen LogP contribution in [-0.4, -0.2) is 43.1 Å². The van der Waals surface area contributed by atoms with E-state index in [1.54, 1.807) is 19.9 Å². The molecule has 1 rings (SSSR count). The van der Waals surface area contributed by atoms with Crippen molar-refractivity contribution in [2.24, 2.45) is 22.5 Å². The van der Waals surface area contributed by atoms with Crippen LogP contribution in [-0.2, 0) is 35.1 Å². The van der Waals surface area contributed by atoms with Crippen molar-refractivity contribution in [1.29, 1.82) is 0 Å². The van der Waals surface area contributed by atoms with E-state index in [2.05, 4.69) is 0 Å². The first-order chi connectivity index (χ1) is 16.8. The van der Waals surface area contributed by atoms with Gasteiger partial charge in [-0.15, -0.1) is 0 Å². The average molecular weight is 522 g/mol. The third-order valence-corrected chi connectivity index (χ3v) is 5.18. The lowest BCUT2D eigenvalue weighted by Crippen LogP contribution is -2.51. The molecule has 1 aromatic carbocycles. The molecule has 0 amide bonds. The quantitative estimate of drug-likeness (QED) is 0.333. The normalized spacial score (nSPS) is 13.5. The number of nitrogens with two attached hydrogens (primary N) is 1. The van der Waals surface area contributed by atoms with Crippen LogP contribution in [0, 0.1) is 16.7 Å². The lowest BCUT2D eigenvalue weighted by Gasteiger charge is -2.27. The fourth-order valence-corrected chi connectivity index (χ4v) is 3.34. The number of benzene rings is 1. The topological polar surface area (TPSA) is 131 Å². The summed E-state index contributed by atoms with van der Waals surface area (Å²) in [6, 6.07) is 4.66. The van der Waals surface area contributed by atoms with Gasteiger partial charge in [-0.1, -0.05) is 61.5 Å². The summed E-state index contributed by atoms with van der Waals surface area (Å²) in [5, 5.41) is 0. The van der Waals surface area contributed by atoms with E-state index < -0.39 is 29.4 Å². The number of methoxy groups -OCH3 is 1. The van der Waals surface area contributed by atoms with Crippen LogP contribution >= 0.6 is 0 Å². The molecule has 1 aromatic rings. The Morgan fingerprint density at radius 3 is 1.84 bits per heavy atom. The molecule has 37 heavy (non-hydrogen) atoms. The standard InChI is InChI=1S/C28H43NO8/c1-18(2)24(32)35-13-12-28(29,25(33)34-9)15-19-10-11-20(36-22(30)16-26(3,4)5)21(14-19)37-23(31)17-27(6,7)8/h10-11,14,18H,12-13,15-17,29H2,1-9H3/t28-/m1/s1. The van der Waals surface area contributed by atoms with Gasteiger partial charge < -0.3 is 24.7 Å². The molecule has 0 aromatic heterocycles. The monoisotopic (exact) mass is 521 g/mol. The van der Waals surface area contributed by atoms with E-state index in [9.17, 15) is 19.2 Å². The third-order valence-electron chi connectivity index (χ3n) is 5.18. The van der Waals surface area contributed by atoms with Gasteiger partial charge in [0.1, 0.15) is 5.54 Å². The summed E-state index contributed by atoms with van der Waals surface area (Å²) in [5.41, 5.74) is 4.83. The van der Waals surface area contributed by atoms with Crippen LogP contribution in [0.5, 0.6) is 11.5 Å². The number of carbonyl (C=O) groups is 4. The van der Waals surface area contributed by atoms with E-state index in [1.165, 1.54) is 19.2 Å². The maximum absolute atomic E-state index is 12.6. The van der Waals surface area contributed by atoms with Gasteiger partial charge >= 0.3 is 23.9 Å². The Bertz CT molecular complexity index is 971. The van der Waals surface area contributed by atoms with Gasteiger partial charge in [-0.25, -0.2) is 0 Å². The fraction of sp³-hybridized carbons (Fsp3) is 0.643. The number of ether oxygens (including phenoxy) is 4. The maximum Gasteiger partial charge on any atom is 0.326 e. The van der Waals surface area contributed by atoms with Crippen molar-refractivity contribution in [1.82, 2.24) is 0 Å². The molecule has 0 aliphatic rings. The highest BCUT2D eigenvalue weighted by atomic mass is 16.6. The molecule has 0 radical (unpaired) electrons. The summed E-state index contributed by atoms with van der Waals surface area (Å²) < 4.78 is 21.2. The Morgan fingerprint density at radius 1 is 0.865 bits per heavy atom. The molecule has 2 N–H and O–H groups in total. The van der Waals surface area contributed by atoms with Crippen molar-refractivity contribution in [3.63, 3.8) is 0 Å². The minimum absolute atomic E-state index is 0.00105. The van der Waals surface area contributed by atoms with Gasteiger partial charge in [0.2, 0.25) is 0 Å². The molecule has 0 unspecified atom stereocenters. The second-order valence-corrected chi connectivity index (χ2v) is 12.1. The smallest absolute Gasteiger partial charge is 0.326 e. The molecule has 0 saturated carbocycles. The van der Waals surface area contributed by atoms with E-state index >= 15 is 0 Å². The molecule has 0 saturated heterocycles. The van der Waals surface area contributed by atoms with E-state index in [4.69, 9.17) is 24.7 Å². The second-order valence-electron chi connectivity index (χ2n) is 12.1. The molecule has 0 spiro atoms. The number of esters is 4. The lowest BCUT2D eigenvalue weighted by atomic mass is 9.88. The summed E-state index contributed by atoms with van der Waals surface area (Å²) in [6.45, 7) is 14.8. The first-order valence-electron chi connectivity index (χ1n) is 12.4. The summed E-state index contributed by atoms with van der Waals surface area (Å²) >= 11 is 0. The van der Waals surface area contributed by atoms with Crippen molar-refractivity contribution in [3.05, 3.63) is 23.8 Å². The summed E-state index contributed by atoms with van der Waals surface area (Å²) in [5.74, 6) is -2.22. The number of rotatable bonds is 11. The summed E-state index contributed by atoms with van der Waals surface area (Å²) in [7, 11) is 1.22. The van der Waals surface area contributed by atoms with Crippen LogP contribution in [0.15, 0.2) is 18.2 Å². The molecule has 0 heterocycles. The second kappa shape index (κ2) is 13.0. The Hall–Kier alpha value is -2.94. The number of hydrogen-bond acceptors (Lipinski definition) is 9. The molecular weight excluding hydrogens is 478 g/mol. The van der Waals surface area contributed by atoms with Gasteiger partial charge in [0.05, 0.1) is 32.5 Å². The van der Waals surface area contributed by atoms with Crippen molar-refractivity contribution < 1.29 is 38.1 Å². The molecule has 9 nitrogen and oxygen atoms in total. The summed E-state index contributed by atoms with van der Waals surface area (Å²) in [4.78, 5) is 49.5. The van der Waals surface area contributed by atoms with E-state index in [1.807, 2.05) is 41.5 Å². The van der Waals surface area contributed by atoms with Crippen molar-refractivity contribution in [3.8, 4) is 11.5 Å². The van der Waals surface area contributed by atoms with Crippen LogP contribution in [0.4, 0.5) is 0 Å². The molecule has 0 aliphatic carbocycles. The molecule has 0 bridgehead atoms. The maximum atomic E-state index is 12.6. The largest absolute Gasteiger partial charge is 0.468 e. The van der Waals surface area contributed by atoms with Gasteiger partial charge in [0, 0.05) is 12.8 Å². The van der Waals surface area contributed by atoms with Crippen LogP contribution < -0.4 is 15.2 Å². The van der Waals surface area contributed by atoms with Crippen molar-refractivity contribution in [2.45, 2.75) is 86.6 Å². The van der Waals surface area contributed by atoms with E-state index in [0.717, 1.165) is 0 Å². The molecule has 0 aliphatic heterocycles. The van der Waals surface area contributed by atoms with Crippen molar-refractivity contribution >= 4 is 23.9 Å². The van der Waals surface area contributed by atoms with Gasteiger partial charge in [-0.05, 0) is 28.5 Å². The highest BCUT2D eigenvalue weighted by Crippen LogP contribution is 2.33. The first kappa shape index (κ1) is 32.1. The van der Waals surface area contributed by atoms with Gasteiger partial charge in [0.15, 0.2) is 11.5 Å². The Morgan fingerprint density at radius 2 is 1.38 bits per heavy atom. The highest BCUT2D eigenvalue weighted by Gasteiger charge is 2.36. The van der Waals surface area contributed by atoms with Crippen LogP contribution in [0.3, 0.4) is 0 Å². The minimum atomic E-state index is -1.51. The molecular formula is C28H43NO8.